The van der Waals surface area contributed by atoms with Crippen LogP contribution < -0.4 is 0 Å². The summed E-state index contributed by atoms with van der Waals surface area (Å²) >= 11 is 0. The molecule has 2 amide bonds. The van der Waals surface area contributed by atoms with Crippen LogP contribution >= 0.6 is 0 Å². The second kappa shape index (κ2) is 7.07. The Hall–Kier alpha value is -1.65. The van der Waals surface area contributed by atoms with E-state index in [-0.39, 0.29) is 0 Å². The van der Waals surface area contributed by atoms with Gasteiger partial charge >= 0.3 is 5.97 Å². The normalized spacial score (nSPS) is 17.7. The molecule has 0 aromatic heterocycles. The van der Waals surface area contributed by atoms with Crippen molar-refractivity contribution < 1.29 is 19.1 Å². The monoisotopic (exact) mass is 267 g/mol. The van der Waals surface area contributed by atoms with Crippen molar-refractivity contribution in [3.8, 4) is 0 Å². The zero-order valence-corrected chi connectivity index (χ0v) is 11.7. The van der Waals surface area contributed by atoms with Gasteiger partial charge in [0, 0.05) is 12.2 Å². The first-order valence-electron chi connectivity index (χ1n) is 6.69. The molecule has 1 rings (SSSR count). The molecule has 1 heterocycles. The number of hydrogen-bond donors (Lipinski definition) is 0. The summed E-state index contributed by atoms with van der Waals surface area (Å²) in [5.74, 6) is -0.847. The minimum absolute atomic E-state index is 0.331. The average molecular weight is 267 g/mol. The van der Waals surface area contributed by atoms with E-state index in [0.717, 1.165) is 36.3 Å². The topological polar surface area (TPSA) is 63.7 Å². The van der Waals surface area contributed by atoms with Crippen molar-refractivity contribution in [3.05, 3.63) is 12.2 Å². The number of ether oxygens (including phenoxy) is 1. The number of carbonyl (C=O) groups excluding carboxylic acids is 3. The van der Waals surface area contributed by atoms with E-state index >= 15 is 0 Å². The van der Waals surface area contributed by atoms with E-state index in [2.05, 4.69) is 13.8 Å². The summed E-state index contributed by atoms with van der Waals surface area (Å²) < 4.78 is 5.09. The average Bonchev–Trinajstić information content (AvgIpc) is 2.72. The van der Waals surface area contributed by atoms with Gasteiger partial charge in [-0.2, -0.15) is 0 Å². The maximum absolute atomic E-state index is 11.7. The van der Waals surface area contributed by atoms with Crippen molar-refractivity contribution in [2.24, 2.45) is 5.92 Å². The summed E-state index contributed by atoms with van der Waals surface area (Å²) in [4.78, 5) is 35.5. The van der Waals surface area contributed by atoms with Crippen molar-refractivity contribution in [1.29, 1.82) is 0 Å². The molecule has 1 aliphatic heterocycles. The fourth-order valence-corrected chi connectivity index (χ4v) is 1.83. The van der Waals surface area contributed by atoms with Crippen molar-refractivity contribution in [3.63, 3.8) is 0 Å². The molecule has 0 radical (unpaired) electrons. The van der Waals surface area contributed by atoms with E-state index in [4.69, 9.17) is 4.74 Å². The van der Waals surface area contributed by atoms with Gasteiger partial charge in [-0.3, -0.25) is 14.5 Å². The number of rotatable bonds is 7. The largest absolute Gasteiger partial charge is 0.464 e. The van der Waals surface area contributed by atoms with E-state index in [9.17, 15) is 14.4 Å². The molecule has 0 aromatic carbocycles. The Morgan fingerprint density at radius 1 is 1.26 bits per heavy atom. The standard InChI is InChI=1S/C14H21NO4/c1-4-10(2)6-5-9-19-14(18)11(3)15-12(16)7-8-13(15)17/h7-8,10-11H,4-6,9H2,1-3H3. The molecule has 0 aromatic rings. The number of hydrogen-bond acceptors (Lipinski definition) is 4. The molecule has 5 nitrogen and oxygen atoms in total. The third-order valence-corrected chi connectivity index (χ3v) is 3.35. The van der Waals surface area contributed by atoms with Gasteiger partial charge < -0.3 is 4.74 Å². The second-order valence-corrected chi connectivity index (χ2v) is 4.88. The summed E-state index contributed by atoms with van der Waals surface area (Å²) in [5.41, 5.74) is 0. The van der Waals surface area contributed by atoms with Gasteiger partial charge in [-0.15, -0.1) is 0 Å². The highest BCUT2D eigenvalue weighted by Crippen LogP contribution is 2.12. The molecule has 19 heavy (non-hydrogen) atoms. The highest BCUT2D eigenvalue weighted by atomic mass is 16.5. The third kappa shape index (κ3) is 4.19. The number of nitrogens with zero attached hydrogens (tertiary/aromatic N) is 1. The predicted octanol–water partition coefficient (Wildman–Crippen LogP) is 1.67. The van der Waals surface area contributed by atoms with Gasteiger partial charge in [0.1, 0.15) is 6.04 Å². The lowest BCUT2D eigenvalue weighted by Gasteiger charge is -2.20. The van der Waals surface area contributed by atoms with Gasteiger partial charge in [-0.05, 0) is 25.7 Å². The Balaban J connectivity index is 2.33. The molecule has 0 fully saturated rings. The minimum Gasteiger partial charge on any atom is -0.464 e. The van der Waals surface area contributed by atoms with Gasteiger partial charge in [-0.1, -0.05) is 20.3 Å². The lowest BCUT2D eigenvalue weighted by atomic mass is 10.0. The summed E-state index contributed by atoms with van der Waals surface area (Å²) in [6, 6.07) is -0.862. The number of imide groups is 1. The quantitative estimate of drug-likeness (QED) is 0.400. The van der Waals surface area contributed by atoms with Gasteiger partial charge in [-0.25, -0.2) is 4.79 Å². The van der Waals surface area contributed by atoms with E-state index < -0.39 is 23.8 Å². The Labute approximate surface area is 113 Å². The van der Waals surface area contributed by atoms with Crippen LogP contribution in [0.25, 0.3) is 0 Å². The van der Waals surface area contributed by atoms with Crippen LogP contribution in [0.15, 0.2) is 12.2 Å². The summed E-state index contributed by atoms with van der Waals surface area (Å²) in [6.45, 7) is 6.10. The van der Waals surface area contributed by atoms with Crippen LogP contribution in [0.3, 0.4) is 0 Å². The number of esters is 1. The van der Waals surface area contributed by atoms with E-state index in [1.807, 2.05) is 0 Å². The fraction of sp³-hybridized carbons (Fsp3) is 0.643. The Morgan fingerprint density at radius 3 is 2.37 bits per heavy atom. The molecule has 0 spiro atoms. The second-order valence-electron chi connectivity index (χ2n) is 4.88. The van der Waals surface area contributed by atoms with Crippen LogP contribution in [-0.2, 0) is 19.1 Å². The highest BCUT2D eigenvalue weighted by molar-refractivity contribution is 6.14. The summed E-state index contributed by atoms with van der Waals surface area (Å²) in [5, 5.41) is 0. The predicted molar refractivity (Wildman–Crippen MR) is 70.1 cm³/mol. The maximum Gasteiger partial charge on any atom is 0.329 e. The fourth-order valence-electron chi connectivity index (χ4n) is 1.83. The molecule has 106 valence electrons. The molecule has 5 heteroatoms. The van der Waals surface area contributed by atoms with Gasteiger partial charge in [0.2, 0.25) is 0 Å². The third-order valence-electron chi connectivity index (χ3n) is 3.35. The minimum atomic E-state index is -0.862. The molecule has 0 saturated carbocycles. The molecule has 0 bridgehead atoms. The molecule has 0 N–H and O–H groups in total. The van der Waals surface area contributed by atoms with Crippen LogP contribution in [-0.4, -0.2) is 35.3 Å². The van der Waals surface area contributed by atoms with Crippen molar-refractivity contribution >= 4 is 17.8 Å². The van der Waals surface area contributed by atoms with Crippen molar-refractivity contribution in [2.75, 3.05) is 6.61 Å². The van der Waals surface area contributed by atoms with Crippen LogP contribution in [0, 0.1) is 5.92 Å². The first-order chi connectivity index (χ1) is 8.97. The van der Waals surface area contributed by atoms with Gasteiger partial charge in [0.05, 0.1) is 6.61 Å². The Kier molecular flexibility index (Phi) is 5.73. The maximum atomic E-state index is 11.7. The van der Waals surface area contributed by atoms with Crippen LogP contribution in [0.1, 0.15) is 40.0 Å². The van der Waals surface area contributed by atoms with Crippen LogP contribution in [0.4, 0.5) is 0 Å². The molecule has 2 unspecified atom stereocenters. The summed E-state index contributed by atoms with van der Waals surface area (Å²) in [6.07, 6.45) is 5.23. The molecular weight excluding hydrogens is 246 g/mol. The zero-order valence-electron chi connectivity index (χ0n) is 11.7. The SMILES string of the molecule is CCC(C)CCCOC(=O)C(C)N1C(=O)C=CC1=O. The van der Waals surface area contributed by atoms with E-state index in [1.54, 1.807) is 0 Å². The molecule has 2 atom stereocenters. The van der Waals surface area contributed by atoms with Gasteiger partial charge in [0.25, 0.3) is 11.8 Å². The molecule has 0 aliphatic carbocycles. The molecule has 0 saturated heterocycles. The van der Waals surface area contributed by atoms with Crippen molar-refractivity contribution in [1.82, 2.24) is 4.90 Å². The Bertz CT molecular complexity index is 371. The summed E-state index contributed by atoms with van der Waals surface area (Å²) in [7, 11) is 0. The first-order valence-corrected chi connectivity index (χ1v) is 6.69. The lowest BCUT2D eigenvalue weighted by molar-refractivity contribution is -0.156. The van der Waals surface area contributed by atoms with Gasteiger partial charge in [0.15, 0.2) is 0 Å². The van der Waals surface area contributed by atoms with Crippen LogP contribution in [0.5, 0.6) is 0 Å². The molecular formula is C14H21NO4. The smallest absolute Gasteiger partial charge is 0.329 e. The zero-order chi connectivity index (χ0) is 14.4. The Morgan fingerprint density at radius 2 is 1.84 bits per heavy atom. The van der Waals surface area contributed by atoms with Crippen molar-refractivity contribution in [2.45, 2.75) is 46.1 Å². The molecule has 1 aliphatic rings. The van der Waals surface area contributed by atoms with E-state index in [1.165, 1.54) is 6.92 Å². The first kappa shape index (κ1) is 15.4. The number of carbonyl (C=O) groups is 3. The lowest BCUT2D eigenvalue weighted by Crippen LogP contribution is -2.43. The van der Waals surface area contributed by atoms with E-state index in [0.29, 0.717) is 12.5 Å². The highest BCUT2D eigenvalue weighted by Gasteiger charge is 2.33. The number of amides is 2. The van der Waals surface area contributed by atoms with Crippen LogP contribution in [0.2, 0.25) is 0 Å².